The molecule has 0 aliphatic heterocycles. The van der Waals surface area contributed by atoms with Crippen molar-refractivity contribution in [2.24, 2.45) is 0 Å². The molecule has 0 amide bonds. The van der Waals surface area contributed by atoms with Gasteiger partial charge in [0.15, 0.2) is 10.6 Å². The van der Waals surface area contributed by atoms with Gasteiger partial charge in [-0.2, -0.15) is 0 Å². The summed E-state index contributed by atoms with van der Waals surface area (Å²) in [5.74, 6) is -0.912. The van der Waals surface area contributed by atoms with E-state index in [0.717, 1.165) is 35.1 Å². The quantitative estimate of drug-likeness (QED) is 0.773. The zero-order chi connectivity index (χ0) is 16.6. The fourth-order valence-electron chi connectivity index (χ4n) is 2.82. The molecule has 0 fully saturated rings. The van der Waals surface area contributed by atoms with E-state index in [4.69, 9.17) is 4.74 Å². The Labute approximate surface area is 136 Å². The first-order chi connectivity index (χ1) is 11.1. The summed E-state index contributed by atoms with van der Waals surface area (Å²) in [5.41, 5.74) is 0.645. The van der Waals surface area contributed by atoms with Crippen LogP contribution in [0.5, 0.6) is 5.75 Å². The number of nitrogens with zero attached hydrogens (tertiary/aromatic N) is 1. The van der Waals surface area contributed by atoms with E-state index in [9.17, 15) is 14.7 Å². The van der Waals surface area contributed by atoms with Crippen LogP contribution in [0.15, 0.2) is 29.1 Å². The second-order valence-electron chi connectivity index (χ2n) is 5.30. The van der Waals surface area contributed by atoms with Gasteiger partial charge in [0.1, 0.15) is 5.39 Å². The van der Waals surface area contributed by atoms with E-state index in [0.29, 0.717) is 16.6 Å². The Bertz CT molecular complexity index is 955. The van der Waals surface area contributed by atoms with Gasteiger partial charge < -0.3 is 14.4 Å². The van der Waals surface area contributed by atoms with Gasteiger partial charge in [-0.1, -0.05) is 31.5 Å². The molecule has 1 aromatic carbocycles. The van der Waals surface area contributed by atoms with Crippen LogP contribution >= 0.6 is 11.3 Å². The molecule has 0 atom stereocenters. The molecule has 2 aromatic heterocycles. The molecule has 0 bridgehead atoms. The lowest BCUT2D eigenvalue weighted by molar-refractivity contribution is 0.0699. The number of aromatic carboxylic acids is 1. The third kappa shape index (κ3) is 2.39. The van der Waals surface area contributed by atoms with Gasteiger partial charge in [0, 0.05) is 11.9 Å². The van der Waals surface area contributed by atoms with Gasteiger partial charge in [-0.3, -0.25) is 4.79 Å². The number of hydrogen-bond acceptors (Lipinski definition) is 4. The number of carboxylic acid groups (broad SMARTS) is 1. The van der Waals surface area contributed by atoms with Gasteiger partial charge in [-0.05, 0) is 12.5 Å². The Morgan fingerprint density at radius 1 is 1.35 bits per heavy atom. The number of para-hydroxylation sites is 1. The molecular formula is C17H17NO4S. The second-order valence-corrected chi connectivity index (χ2v) is 6.32. The number of methoxy groups -OCH3 is 1. The minimum absolute atomic E-state index is 0.0676. The lowest BCUT2D eigenvalue weighted by Crippen LogP contribution is -2.20. The van der Waals surface area contributed by atoms with Crippen molar-refractivity contribution < 1.29 is 14.6 Å². The van der Waals surface area contributed by atoms with Crippen LogP contribution in [0.2, 0.25) is 0 Å². The number of aromatic nitrogens is 1. The van der Waals surface area contributed by atoms with E-state index >= 15 is 0 Å². The lowest BCUT2D eigenvalue weighted by Gasteiger charge is -2.11. The van der Waals surface area contributed by atoms with E-state index < -0.39 is 5.97 Å². The van der Waals surface area contributed by atoms with Crippen LogP contribution in [0.3, 0.4) is 0 Å². The molecule has 0 unspecified atom stereocenters. The third-order valence-corrected chi connectivity index (χ3v) is 5.09. The van der Waals surface area contributed by atoms with E-state index in [-0.39, 0.29) is 16.2 Å². The Kier molecular flexibility index (Phi) is 4.09. The van der Waals surface area contributed by atoms with Gasteiger partial charge in [0.2, 0.25) is 0 Å². The molecule has 5 nitrogen and oxygen atoms in total. The van der Waals surface area contributed by atoms with Gasteiger partial charge in [0.25, 0.3) is 5.56 Å². The van der Waals surface area contributed by atoms with Gasteiger partial charge in [0.05, 0.1) is 17.3 Å². The third-order valence-electron chi connectivity index (χ3n) is 3.90. The molecule has 3 rings (SSSR count). The zero-order valence-electron chi connectivity index (χ0n) is 13.0. The molecule has 3 aromatic rings. The summed E-state index contributed by atoms with van der Waals surface area (Å²) in [6, 6.07) is 7.60. The van der Waals surface area contributed by atoms with Gasteiger partial charge in [-0.15, -0.1) is 11.3 Å². The summed E-state index contributed by atoms with van der Waals surface area (Å²) in [6.45, 7) is 2.67. The first-order valence-corrected chi connectivity index (χ1v) is 8.27. The molecule has 2 heterocycles. The van der Waals surface area contributed by atoms with Crippen molar-refractivity contribution in [1.82, 2.24) is 4.57 Å². The Morgan fingerprint density at radius 3 is 2.74 bits per heavy atom. The SMILES string of the molecule is CCCCn1c(=O)c2c(OC)c(C(=O)O)sc2c2ccccc21. The molecule has 120 valence electrons. The fraction of sp³-hybridized carbons (Fsp3) is 0.294. The van der Waals surface area contributed by atoms with E-state index in [1.807, 2.05) is 24.3 Å². The predicted octanol–water partition coefficient (Wildman–Crippen LogP) is 3.72. The summed E-state index contributed by atoms with van der Waals surface area (Å²) < 4.78 is 7.66. The average molecular weight is 331 g/mol. The predicted molar refractivity (Wildman–Crippen MR) is 92.0 cm³/mol. The van der Waals surface area contributed by atoms with Crippen molar-refractivity contribution in [3.05, 3.63) is 39.5 Å². The largest absolute Gasteiger partial charge is 0.494 e. The van der Waals surface area contributed by atoms with Crippen LogP contribution in [-0.2, 0) is 6.54 Å². The van der Waals surface area contributed by atoms with Crippen LogP contribution in [0.4, 0.5) is 0 Å². The molecule has 0 saturated carbocycles. The number of aryl methyl sites for hydroxylation is 1. The van der Waals surface area contributed by atoms with E-state index in [1.165, 1.54) is 7.11 Å². The average Bonchev–Trinajstić information content (AvgIpc) is 2.95. The monoisotopic (exact) mass is 331 g/mol. The van der Waals surface area contributed by atoms with Crippen molar-refractivity contribution in [2.45, 2.75) is 26.3 Å². The van der Waals surface area contributed by atoms with Crippen LogP contribution < -0.4 is 10.3 Å². The Hall–Kier alpha value is -2.34. The highest BCUT2D eigenvalue weighted by Crippen LogP contribution is 2.39. The number of thiophene rings is 1. The number of unbranched alkanes of at least 4 members (excludes halogenated alkanes) is 1. The lowest BCUT2D eigenvalue weighted by atomic mass is 10.1. The molecule has 0 aliphatic rings. The summed E-state index contributed by atoms with van der Waals surface area (Å²) in [4.78, 5) is 24.5. The molecule has 0 radical (unpaired) electrons. The van der Waals surface area contributed by atoms with E-state index in [1.54, 1.807) is 4.57 Å². The van der Waals surface area contributed by atoms with Crippen LogP contribution in [-0.4, -0.2) is 22.8 Å². The van der Waals surface area contributed by atoms with Crippen LogP contribution in [0.1, 0.15) is 29.4 Å². The zero-order valence-corrected chi connectivity index (χ0v) is 13.8. The smallest absolute Gasteiger partial charge is 0.349 e. The maximum Gasteiger partial charge on any atom is 0.349 e. The highest BCUT2D eigenvalue weighted by atomic mass is 32.1. The summed E-state index contributed by atoms with van der Waals surface area (Å²) >= 11 is 1.09. The number of benzene rings is 1. The van der Waals surface area contributed by atoms with Crippen LogP contribution in [0.25, 0.3) is 21.0 Å². The highest BCUT2D eigenvalue weighted by molar-refractivity contribution is 7.22. The Balaban J connectivity index is 2.49. The highest BCUT2D eigenvalue weighted by Gasteiger charge is 2.24. The number of ether oxygens (including phenoxy) is 1. The van der Waals surface area contributed by atoms with Crippen molar-refractivity contribution in [2.75, 3.05) is 7.11 Å². The van der Waals surface area contributed by atoms with Crippen molar-refractivity contribution >= 4 is 38.3 Å². The fourth-order valence-corrected chi connectivity index (χ4v) is 3.95. The van der Waals surface area contributed by atoms with Crippen molar-refractivity contribution in [3.8, 4) is 5.75 Å². The normalized spacial score (nSPS) is 11.2. The number of pyridine rings is 1. The molecule has 23 heavy (non-hydrogen) atoms. The number of hydrogen-bond donors (Lipinski definition) is 1. The van der Waals surface area contributed by atoms with Gasteiger partial charge in [-0.25, -0.2) is 4.79 Å². The van der Waals surface area contributed by atoms with Crippen molar-refractivity contribution in [3.63, 3.8) is 0 Å². The van der Waals surface area contributed by atoms with E-state index in [2.05, 4.69) is 6.92 Å². The molecule has 0 spiro atoms. The molecule has 6 heteroatoms. The number of rotatable bonds is 5. The number of carboxylic acids is 1. The molecule has 0 saturated heterocycles. The minimum atomic E-state index is -1.08. The molecule has 0 aliphatic carbocycles. The number of carbonyl (C=O) groups is 1. The summed E-state index contributed by atoms with van der Waals surface area (Å²) in [6.07, 6.45) is 1.85. The standard InChI is InChI=1S/C17H17NO4S/c1-3-4-9-18-11-8-6-5-7-10(11)14-12(16(18)19)13(22-2)15(23-14)17(20)21/h5-8H,3-4,9H2,1-2H3,(H,20,21). The summed E-state index contributed by atoms with van der Waals surface area (Å²) in [5, 5.41) is 10.6. The summed E-state index contributed by atoms with van der Waals surface area (Å²) in [7, 11) is 1.40. The van der Waals surface area contributed by atoms with Gasteiger partial charge >= 0.3 is 5.97 Å². The maximum atomic E-state index is 13.0. The van der Waals surface area contributed by atoms with Crippen molar-refractivity contribution in [1.29, 1.82) is 0 Å². The molecule has 1 N–H and O–H groups in total. The first-order valence-electron chi connectivity index (χ1n) is 7.45. The first kappa shape index (κ1) is 15.6. The Morgan fingerprint density at radius 2 is 2.09 bits per heavy atom. The second kappa shape index (κ2) is 6.04. The van der Waals surface area contributed by atoms with Crippen LogP contribution in [0, 0.1) is 0 Å². The topological polar surface area (TPSA) is 68.5 Å². The maximum absolute atomic E-state index is 13.0. The molecular weight excluding hydrogens is 314 g/mol. The minimum Gasteiger partial charge on any atom is -0.494 e. The number of fused-ring (bicyclic) bond motifs is 3.